The fourth-order valence-electron chi connectivity index (χ4n) is 3.52. The van der Waals surface area contributed by atoms with Crippen LogP contribution in [0, 0.1) is 0 Å². The molecular formula is C22H39N2O2+. The van der Waals surface area contributed by atoms with Crippen molar-refractivity contribution < 1.29 is 15.2 Å². The van der Waals surface area contributed by atoms with Crippen molar-refractivity contribution in [1.29, 1.82) is 0 Å². The van der Waals surface area contributed by atoms with Crippen LogP contribution >= 0.6 is 0 Å². The minimum absolute atomic E-state index is 0.546. The highest BCUT2D eigenvalue weighted by atomic mass is 16.4. The van der Waals surface area contributed by atoms with Gasteiger partial charge in [-0.25, -0.2) is 4.79 Å². The molecule has 1 amide bonds. The summed E-state index contributed by atoms with van der Waals surface area (Å²) in [7, 11) is 0. The second-order valence-corrected chi connectivity index (χ2v) is 7.47. The van der Waals surface area contributed by atoms with Gasteiger partial charge >= 0.3 is 6.09 Å². The number of benzene rings is 1. The molecular weight excluding hydrogens is 324 g/mol. The number of nitrogens with zero attached hydrogens (tertiary/aromatic N) is 1. The van der Waals surface area contributed by atoms with E-state index in [1.54, 1.807) is 0 Å². The normalized spacial score (nSPS) is 13.8. The molecule has 4 nitrogen and oxygen atoms in total. The van der Waals surface area contributed by atoms with Crippen LogP contribution in [0.1, 0.15) is 82.9 Å². The Labute approximate surface area is 160 Å². The summed E-state index contributed by atoms with van der Waals surface area (Å²) in [6, 6.07) is 7.05. The number of aryl methyl sites for hydroxylation is 1. The molecule has 1 heterocycles. The minimum atomic E-state index is -0.815. The summed E-state index contributed by atoms with van der Waals surface area (Å²) in [4.78, 5) is 12.6. The smallest absolute Gasteiger partial charge is 0.407 e. The van der Waals surface area contributed by atoms with Gasteiger partial charge in [-0.15, -0.1) is 0 Å². The summed E-state index contributed by atoms with van der Waals surface area (Å²) in [6.45, 7) is 11.1. The summed E-state index contributed by atoms with van der Waals surface area (Å²) < 4.78 is 0. The van der Waals surface area contributed by atoms with Gasteiger partial charge in [-0.3, -0.25) is 4.90 Å². The molecule has 0 bridgehead atoms. The van der Waals surface area contributed by atoms with Crippen molar-refractivity contribution in [2.75, 3.05) is 6.54 Å². The highest BCUT2D eigenvalue weighted by molar-refractivity contribution is 5.66. The van der Waals surface area contributed by atoms with Gasteiger partial charge in [-0.1, -0.05) is 51.3 Å². The minimum Gasteiger partial charge on any atom is -0.465 e. The van der Waals surface area contributed by atoms with E-state index in [4.69, 9.17) is 5.11 Å². The Hall–Kier alpha value is -1.55. The molecule has 0 radical (unpaired) electrons. The molecule has 1 aromatic carbocycles. The Kier molecular flexibility index (Phi) is 11.0. The maximum atomic E-state index is 11.1. The number of rotatable bonds is 9. The molecule has 26 heavy (non-hydrogen) atoms. The molecule has 0 spiro atoms. The van der Waals surface area contributed by atoms with Crippen LogP contribution in [0.5, 0.6) is 0 Å². The van der Waals surface area contributed by atoms with Crippen molar-refractivity contribution in [3.05, 3.63) is 34.9 Å². The molecule has 0 saturated heterocycles. The van der Waals surface area contributed by atoms with E-state index in [9.17, 15) is 4.79 Å². The number of unbranched alkanes of at least 4 members (excludes halogenated alkanes) is 3. The van der Waals surface area contributed by atoms with Crippen LogP contribution in [0.3, 0.4) is 0 Å². The summed E-state index contributed by atoms with van der Waals surface area (Å²) in [5.41, 5.74) is 3.79. The molecule has 0 fully saturated rings. The van der Waals surface area contributed by atoms with E-state index in [1.807, 2.05) is 0 Å². The number of carbonyl (C=O) groups is 1. The standard InChI is InChI=1S/C19H30N2O2.C3H8/c1-3-20-15(2)9-6-4-5-7-10-16-11-8-12-17-13-21(19(22)23)14-18(16)17;1-3-2/h8,11-12,15,20H,3-7,9-10,13-14H2,1-2H3,(H,22,23);3H2,1-2H3/p+1. The largest absolute Gasteiger partial charge is 0.465 e. The zero-order valence-corrected chi connectivity index (χ0v) is 17.3. The van der Waals surface area contributed by atoms with Crippen molar-refractivity contribution >= 4 is 6.09 Å². The summed E-state index contributed by atoms with van der Waals surface area (Å²) in [6.07, 6.45) is 7.91. The Morgan fingerprint density at radius 1 is 1.15 bits per heavy atom. The van der Waals surface area contributed by atoms with Crippen LogP contribution in [-0.2, 0) is 19.5 Å². The van der Waals surface area contributed by atoms with Gasteiger partial charge in [-0.2, -0.15) is 0 Å². The van der Waals surface area contributed by atoms with Crippen LogP contribution in [0.4, 0.5) is 4.79 Å². The number of nitrogens with two attached hydrogens (primary N) is 1. The topological polar surface area (TPSA) is 57.2 Å². The van der Waals surface area contributed by atoms with E-state index < -0.39 is 6.09 Å². The highest BCUT2D eigenvalue weighted by Gasteiger charge is 2.24. The zero-order valence-electron chi connectivity index (χ0n) is 17.3. The Morgan fingerprint density at radius 2 is 1.85 bits per heavy atom. The first-order valence-corrected chi connectivity index (χ1v) is 10.4. The maximum Gasteiger partial charge on any atom is 0.407 e. The first-order chi connectivity index (χ1) is 12.5. The van der Waals surface area contributed by atoms with Crippen LogP contribution in [0.25, 0.3) is 0 Å². The number of quaternary nitrogens is 1. The quantitative estimate of drug-likeness (QED) is 0.632. The Balaban J connectivity index is 0.00000105. The van der Waals surface area contributed by atoms with Crippen molar-refractivity contribution in [3.8, 4) is 0 Å². The lowest BCUT2D eigenvalue weighted by Crippen LogP contribution is -2.88. The van der Waals surface area contributed by atoms with Crippen LogP contribution in [0.2, 0.25) is 0 Å². The number of amides is 1. The van der Waals surface area contributed by atoms with Crippen molar-refractivity contribution in [2.45, 2.75) is 91.8 Å². The van der Waals surface area contributed by atoms with Gasteiger partial charge in [0.2, 0.25) is 0 Å². The third-order valence-electron chi connectivity index (χ3n) is 4.84. The number of hydrogen-bond donors (Lipinski definition) is 2. The third-order valence-corrected chi connectivity index (χ3v) is 4.84. The lowest BCUT2D eigenvalue weighted by Gasteiger charge is -2.10. The second kappa shape index (κ2) is 12.7. The molecule has 1 atom stereocenters. The molecule has 3 N–H and O–H groups in total. The van der Waals surface area contributed by atoms with Crippen LogP contribution in [0.15, 0.2) is 18.2 Å². The molecule has 148 valence electrons. The van der Waals surface area contributed by atoms with Gasteiger partial charge in [0.15, 0.2) is 0 Å². The number of hydrogen-bond acceptors (Lipinski definition) is 1. The molecule has 2 rings (SSSR count). The molecule has 0 aliphatic carbocycles. The fourth-order valence-corrected chi connectivity index (χ4v) is 3.52. The highest BCUT2D eigenvalue weighted by Crippen LogP contribution is 2.27. The monoisotopic (exact) mass is 363 g/mol. The van der Waals surface area contributed by atoms with Gasteiger partial charge in [-0.05, 0) is 56.2 Å². The van der Waals surface area contributed by atoms with Crippen LogP contribution < -0.4 is 5.32 Å². The summed E-state index contributed by atoms with van der Waals surface area (Å²) >= 11 is 0. The predicted molar refractivity (Wildman–Crippen MR) is 108 cm³/mol. The lowest BCUT2D eigenvalue weighted by atomic mass is 9.98. The number of carboxylic acid groups (broad SMARTS) is 1. The van der Waals surface area contributed by atoms with E-state index in [-0.39, 0.29) is 0 Å². The van der Waals surface area contributed by atoms with Gasteiger partial charge in [0.1, 0.15) is 0 Å². The molecule has 0 saturated carbocycles. The van der Waals surface area contributed by atoms with E-state index in [2.05, 4.69) is 51.2 Å². The van der Waals surface area contributed by atoms with E-state index in [1.165, 1.54) is 66.7 Å². The molecule has 1 aromatic rings. The van der Waals surface area contributed by atoms with Crippen molar-refractivity contribution in [1.82, 2.24) is 4.90 Å². The first-order valence-electron chi connectivity index (χ1n) is 10.4. The fraction of sp³-hybridized carbons (Fsp3) is 0.682. The SMILES string of the molecule is CCC.CC[NH2+]C(C)CCCCCCc1cccc2c1CN(C(=O)O)C2. The average molecular weight is 364 g/mol. The molecule has 1 unspecified atom stereocenters. The van der Waals surface area contributed by atoms with E-state index in [0.717, 1.165) is 12.5 Å². The van der Waals surface area contributed by atoms with Gasteiger partial charge in [0.25, 0.3) is 0 Å². The molecule has 1 aliphatic heterocycles. The lowest BCUT2D eigenvalue weighted by molar-refractivity contribution is -0.683. The summed E-state index contributed by atoms with van der Waals surface area (Å²) in [5, 5.41) is 11.6. The van der Waals surface area contributed by atoms with E-state index >= 15 is 0 Å². The third kappa shape index (κ3) is 7.77. The zero-order chi connectivity index (χ0) is 19.4. The average Bonchev–Trinajstić information content (AvgIpc) is 3.04. The maximum absolute atomic E-state index is 11.1. The predicted octanol–water partition coefficient (Wildman–Crippen LogP) is 4.56. The number of fused-ring (bicyclic) bond motifs is 1. The van der Waals surface area contributed by atoms with Crippen molar-refractivity contribution in [2.24, 2.45) is 0 Å². The Morgan fingerprint density at radius 3 is 2.50 bits per heavy atom. The van der Waals surface area contributed by atoms with Gasteiger partial charge < -0.3 is 10.4 Å². The molecule has 1 aliphatic rings. The molecule has 0 aromatic heterocycles. The summed E-state index contributed by atoms with van der Waals surface area (Å²) in [5.74, 6) is 0. The van der Waals surface area contributed by atoms with E-state index in [0.29, 0.717) is 13.1 Å². The van der Waals surface area contributed by atoms with Gasteiger partial charge in [0.05, 0.1) is 12.6 Å². The van der Waals surface area contributed by atoms with Crippen molar-refractivity contribution in [3.63, 3.8) is 0 Å². The Bertz CT molecular complexity index is 531. The first kappa shape index (κ1) is 22.5. The van der Waals surface area contributed by atoms with Gasteiger partial charge in [0, 0.05) is 13.1 Å². The molecule has 4 heteroatoms. The van der Waals surface area contributed by atoms with Crippen LogP contribution in [-0.4, -0.2) is 28.7 Å². The second-order valence-electron chi connectivity index (χ2n) is 7.47.